The maximum atomic E-state index is 12.3. The first-order chi connectivity index (χ1) is 23.0. The van der Waals surface area contributed by atoms with Gasteiger partial charge in [0, 0.05) is 30.0 Å². The quantitative estimate of drug-likeness (QED) is 0.128. The van der Waals surface area contributed by atoms with Gasteiger partial charge in [-0.15, -0.1) is 0 Å². The smallest absolute Gasteiger partial charge is 0.329 e. The van der Waals surface area contributed by atoms with E-state index in [1.54, 1.807) is 55.6 Å². The van der Waals surface area contributed by atoms with Crippen LogP contribution in [0.15, 0.2) is 85.5 Å². The van der Waals surface area contributed by atoms with Crippen LogP contribution >= 0.6 is 34.8 Å². The molecule has 0 aliphatic heterocycles. The zero-order valence-corrected chi connectivity index (χ0v) is 29.4. The third-order valence-electron chi connectivity index (χ3n) is 6.41. The first kappa shape index (κ1) is 40.6. The highest BCUT2D eigenvalue weighted by Crippen LogP contribution is 2.35. The van der Waals surface area contributed by atoms with Crippen LogP contribution in [0.1, 0.15) is 31.9 Å². The number of aromatic nitrogens is 2. The summed E-state index contributed by atoms with van der Waals surface area (Å²) >= 11 is 18.0. The van der Waals surface area contributed by atoms with Crippen molar-refractivity contribution >= 4 is 40.8 Å². The Morgan fingerprint density at radius 3 is 2.15 bits per heavy atom. The van der Waals surface area contributed by atoms with Crippen molar-refractivity contribution in [3.63, 3.8) is 0 Å². The number of aliphatic hydroxyl groups excluding tert-OH is 3. The van der Waals surface area contributed by atoms with Crippen LogP contribution in [0, 0.1) is 0 Å². The summed E-state index contributed by atoms with van der Waals surface area (Å²) in [6.45, 7) is 4.82. The molecule has 3 atom stereocenters. The van der Waals surface area contributed by atoms with Gasteiger partial charge in [-0.2, -0.15) is 0 Å². The van der Waals surface area contributed by atoms with Gasteiger partial charge in [0.05, 0.1) is 36.4 Å². The summed E-state index contributed by atoms with van der Waals surface area (Å²) in [6, 6.07) is 19.3. The molecule has 1 heterocycles. The molecular formula is C34H43Cl3N4O7. The fraction of sp³-hybridized carbons (Fsp3) is 0.353. The van der Waals surface area contributed by atoms with Gasteiger partial charge in [-0.1, -0.05) is 84.2 Å². The summed E-state index contributed by atoms with van der Waals surface area (Å²) in [5.41, 5.74) is 6.40. The van der Waals surface area contributed by atoms with Crippen molar-refractivity contribution in [3.05, 3.63) is 106 Å². The summed E-state index contributed by atoms with van der Waals surface area (Å²) in [6.07, 6.45) is 4.07. The van der Waals surface area contributed by atoms with E-state index in [4.69, 9.17) is 65.0 Å². The molecule has 0 aliphatic rings. The Balaban J connectivity index is 0.000000273. The normalized spacial score (nSPS) is 12.3. The molecule has 0 spiro atoms. The van der Waals surface area contributed by atoms with E-state index in [1.807, 2.05) is 49.4 Å². The van der Waals surface area contributed by atoms with E-state index in [0.29, 0.717) is 45.4 Å². The summed E-state index contributed by atoms with van der Waals surface area (Å²) < 4.78 is 17.3. The van der Waals surface area contributed by atoms with Crippen LogP contribution in [0.5, 0.6) is 17.2 Å². The second-order valence-corrected chi connectivity index (χ2v) is 11.6. The Kier molecular flexibility index (Phi) is 18.7. The van der Waals surface area contributed by atoms with Crippen molar-refractivity contribution in [3.8, 4) is 17.2 Å². The van der Waals surface area contributed by atoms with Gasteiger partial charge in [-0.05, 0) is 43.2 Å². The highest BCUT2D eigenvalue weighted by molar-refractivity contribution is 6.40. The van der Waals surface area contributed by atoms with Gasteiger partial charge < -0.3 is 40.2 Å². The number of carbonyl (C=O) groups is 1. The number of ether oxygens (including phenoxy) is 3. The first-order valence-electron chi connectivity index (χ1n) is 15.1. The number of hydrogen-bond donors (Lipinski definition) is 4. The number of methoxy groups -OCH3 is 1. The standard InChI is InChI=1S/C15H16Cl3N3O2.C10H14O4.C9H13NO/c1-2-4-20(15(22)21-5-3-19-10-21)6-7-23-14-12(17)8-11(16)9-13(14)18;1-13-9-4-2-3-5-10(9)14-7-8(12)6-11;1-7(10)9(11)8-5-3-2-4-6-8/h3,5,8-10H,2,4,6-7H2,1H3;2-5,8,11-12H,6-7H2,1H3;2-7,9,11H,10H2,1H3/t;;7-,9-/m..1/s1. The summed E-state index contributed by atoms with van der Waals surface area (Å²) in [4.78, 5) is 17.9. The SMILES string of the molecule is CCCN(CCOc1c(Cl)cc(Cl)cc1Cl)C(=O)n1ccnc1.COc1ccccc1OCC(O)CO.C[C@@H](N)[C@@H](O)c1ccccc1. The predicted octanol–water partition coefficient (Wildman–Crippen LogP) is 6.10. The lowest BCUT2D eigenvalue weighted by molar-refractivity contribution is 0.0527. The van der Waals surface area contributed by atoms with Crippen LogP contribution in [-0.2, 0) is 0 Å². The van der Waals surface area contributed by atoms with Crippen molar-refractivity contribution < 1.29 is 34.3 Å². The van der Waals surface area contributed by atoms with Gasteiger partial charge in [0.1, 0.15) is 25.6 Å². The van der Waals surface area contributed by atoms with E-state index >= 15 is 0 Å². The van der Waals surface area contributed by atoms with E-state index in [2.05, 4.69) is 4.98 Å². The molecule has 4 aromatic rings. The second-order valence-electron chi connectivity index (χ2n) is 10.3. The fourth-order valence-corrected chi connectivity index (χ4v) is 4.89. The highest BCUT2D eigenvalue weighted by atomic mass is 35.5. The molecular weight excluding hydrogens is 683 g/mol. The van der Waals surface area contributed by atoms with Gasteiger partial charge >= 0.3 is 6.03 Å². The number of carbonyl (C=O) groups excluding carboxylic acids is 1. The molecule has 262 valence electrons. The number of imidazole rings is 1. The maximum absolute atomic E-state index is 12.3. The van der Waals surface area contributed by atoms with E-state index < -0.39 is 12.2 Å². The predicted molar refractivity (Wildman–Crippen MR) is 188 cm³/mol. The van der Waals surface area contributed by atoms with E-state index in [-0.39, 0.29) is 31.9 Å². The lowest BCUT2D eigenvalue weighted by Gasteiger charge is -2.22. The molecule has 5 N–H and O–H groups in total. The van der Waals surface area contributed by atoms with Crippen molar-refractivity contribution in [2.75, 3.05) is 40.0 Å². The van der Waals surface area contributed by atoms with Gasteiger partial charge in [0.25, 0.3) is 0 Å². The molecule has 0 fully saturated rings. The molecule has 11 nitrogen and oxygen atoms in total. The van der Waals surface area contributed by atoms with Crippen LogP contribution in [0.3, 0.4) is 0 Å². The Hall–Kier alpha value is -3.55. The van der Waals surface area contributed by atoms with Crippen LogP contribution in [-0.4, -0.2) is 88.0 Å². The lowest BCUT2D eigenvalue weighted by Crippen LogP contribution is -2.37. The summed E-state index contributed by atoms with van der Waals surface area (Å²) in [5.74, 6) is 1.53. The topological polar surface area (TPSA) is 153 Å². The molecule has 48 heavy (non-hydrogen) atoms. The fourth-order valence-electron chi connectivity index (χ4n) is 3.96. The number of hydrogen-bond acceptors (Lipinski definition) is 9. The third kappa shape index (κ3) is 13.9. The molecule has 1 unspecified atom stereocenters. The van der Waals surface area contributed by atoms with Gasteiger partial charge in [0.15, 0.2) is 17.2 Å². The molecule has 4 rings (SSSR count). The molecule has 14 heteroatoms. The second kappa shape index (κ2) is 22.2. The molecule has 0 saturated heterocycles. The van der Waals surface area contributed by atoms with Crippen molar-refractivity contribution in [2.45, 2.75) is 38.5 Å². The molecule has 0 radical (unpaired) electrons. The van der Waals surface area contributed by atoms with E-state index in [0.717, 1.165) is 12.0 Å². The number of halogens is 3. The molecule has 1 amide bonds. The van der Waals surface area contributed by atoms with E-state index in [1.165, 1.54) is 10.9 Å². The lowest BCUT2D eigenvalue weighted by atomic mass is 10.0. The Labute approximate surface area is 296 Å². The van der Waals surface area contributed by atoms with Crippen LogP contribution in [0.2, 0.25) is 15.1 Å². The average Bonchev–Trinajstić information content (AvgIpc) is 3.63. The molecule has 0 saturated carbocycles. The largest absolute Gasteiger partial charge is 0.493 e. The summed E-state index contributed by atoms with van der Waals surface area (Å²) in [5, 5.41) is 28.2. The number of amides is 1. The monoisotopic (exact) mass is 724 g/mol. The summed E-state index contributed by atoms with van der Waals surface area (Å²) in [7, 11) is 1.55. The van der Waals surface area contributed by atoms with Gasteiger partial charge in [-0.25, -0.2) is 9.78 Å². The number of benzene rings is 3. The molecule has 0 aliphatic carbocycles. The number of aliphatic hydroxyl groups is 3. The number of nitrogens with two attached hydrogens (primary N) is 1. The Morgan fingerprint density at radius 2 is 1.60 bits per heavy atom. The van der Waals surface area contributed by atoms with Crippen LogP contribution < -0.4 is 19.9 Å². The van der Waals surface area contributed by atoms with Crippen molar-refractivity contribution in [2.24, 2.45) is 5.73 Å². The zero-order valence-electron chi connectivity index (χ0n) is 27.1. The van der Waals surface area contributed by atoms with Crippen molar-refractivity contribution in [1.82, 2.24) is 14.5 Å². The first-order valence-corrected chi connectivity index (χ1v) is 16.2. The minimum Gasteiger partial charge on any atom is -0.493 e. The van der Waals surface area contributed by atoms with Crippen molar-refractivity contribution in [1.29, 1.82) is 0 Å². The Morgan fingerprint density at radius 1 is 0.979 bits per heavy atom. The highest BCUT2D eigenvalue weighted by Gasteiger charge is 2.16. The number of nitrogens with zero attached hydrogens (tertiary/aromatic N) is 3. The van der Waals surface area contributed by atoms with Gasteiger partial charge in [-0.3, -0.25) is 4.57 Å². The minimum atomic E-state index is -0.861. The molecule has 0 bridgehead atoms. The third-order valence-corrected chi connectivity index (χ3v) is 7.19. The number of para-hydroxylation sites is 2. The number of rotatable bonds is 13. The van der Waals surface area contributed by atoms with Crippen LogP contribution in [0.25, 0.3) is 0 Å². The molecule has 1 aromatic heterocycles. The zero-order chi connectivity index (χ0) is 35.5. The average molecular weight is 726 g/mol. The molecule has 3 aromatic carbocycles. The minimum absolute atomic E-state index is 0.0525. The van der Waals surface area contributed by atoms with Crippen LogP contribution in [0.4, 0.5) is 4.79 Å². The van der Waals surface area contributed by atoms with E-state index in [9.17, 15) is 9.90 Å². The van der Waals surface area contributed by atoms with Gasteiger partial charge in [0.2, 0.25) is 0 Å². The Bertz CT molecular complexity index is 1460. The maximum Gasteiger partial charge on any atom is 0.329 e.